The third-order valence-corrected chi connectivity index (χ3v) is 3.49. The van der Waals surface area contributed by atoms with Crippen LogP contribution < -0.4 is 0 Å². The number of nitrogens with zero attached hydrogens (tertiary/aromatic N) is 2. The lowest BCUT2D eigenvalue weighted by molar-refractivity contribution is -0.131. The lowest BCUT2D eigenvalue weighted by atomic mass is 9.82. The van der Waals surface area contributed by atoms with Gasteiger partial charge in [-0.3, -0.25) is 9.78 Å². The van der Waals surface area contributed by atoms with Crippen LogP contribution >= 0.6 is 0 Å². The van der Waals surface area contributed by atoms with Gasteiger partial charge in [0.15, 0.2) is 0 Å². The first-order chi connectivity index (χ1) is 8.65. The van der Waals surface area contributed by atoms with Gasteiger partial charge in [-0.1, -0.05) is 6.07 Å². The van der Waals surface area contributed by atoms with Gasteiger partial charge in [0, 0.05) is 31.9 Å². The van der Waals surface area contributed by atoms with Crippen molar-refractivity contribution in [3.05, 3.63) is 30.1 Å². The van der Waals surface area contributed by atoms with E-state index >= 15 is 0 Å². The van der Waals surface area contributed by atoms with Gasteiger partial charge in [0.05, 0.1) is 6.10 Å². The van der Waals surface area contributed by atoms with E-state index in [1.54, 1.807) is 11.1 Å². The highest BCUT2D eigenvalue weighted by Gasteiger charge is 2.28. The van der Waals surface area contributed by atoms with E-state index in [9.17, 15) is 9.90 Å². The van der Waals surface area contributed by atoms with Crippen LogP contribution in [0.1, 0.15) is 25.0 Å². The number of aliphatic hydroxyl groups is 1. The lowest BCUT2D eigenvalue weighted by Crippen LogP contribution is -2.39. The first-order valence-corrected chi connectivity index (χ1v) is 6.47. The van der Waals surface area contributed by atoms with E-state index in [1.165, 1.54) is 0 Å². The van der Waals surface area contributed by atoms with Gasteiger partial charge < -0.3 is 10.0 Å². The Morgan fingerprint density at radius 2 is 2.28 bits per heavy atom. The number of hydrogen-bond donors (Lipinski definition) is 1. The van der Waals surface area contributed by atoms with Crippen LogP contribution in [0.25, 0.3) is 0 Å². The van der Waals surface area contributed by atoms with Gasteiger partial charge in [-0.15, -0.1) is 0 Å². The highest BCUT2D eigenvalue weighted by Crippen LogP contribution is 2.27. The zero-order chi connectivity index (χ0) is 13.0. The van der Waals surface area contributed by atoms with E-state index in [0.717, 1.165) is 25.1 Å². The minimum atomic E-state index is -0.146. The molecule has 0 unspecified atom stereocenters. The topological polar surface area (TPSA) is 53.4 Å². The number of aryl methyl sites for hydroxylation is 1. The number of carbonyl (C=O) groups excluding carboxylic acids is 1. The van der Waals surface area contributed by atoms with Crippen LogP contribution in [-0.2, 0) is 11.2 Å². The third kappa shape index (κ3) is 3.53. The lowest BCUT2D eigenvalue weighted by Gasteiger charge is -2.34. The Kier molecular flexibility index (Phi) is 4.31. The molecular weight excluding hydrogens is 228 g/mol. The number of carbonyl (C=O) groups is 1. The van der Waals surface area contributed by atoms with E-state index in [-0.39, 0.29) is 12.0 Å². The molecule has 1 aromatic rings. The summed E-state index contributed by atoms with van der Waals surface area (Å²) in [5, 5.41) is 9.21. The Morgan fingerprint density at radius 1 is 1.50 bits per heavy atom. The molecule has 1 aromatic heterocycles. The van der Waals surface area contributed by atoms with E-state index in [0.29, 0.717) is 18.8 Å². The quantitative estimate of drug-likeness (QED) is 0.853. The monoisotopic (exact) mass is 248 g/mol. The molecule has 2 rings (SSSR count). The van der Waals surface area contributed by atoms with Gasteiger partial charge in [-0.25, -0.2) is 0 Å². The maximum absolute atomic E-state index is 11.9. The number of rotatable bonds is 5. The molecule has 1 amide bonds. The van der Waals surface area contributed by atoms with Crippen LogP contribution in [0.15, 0.2) is 24.4 Å². The maximum atomic E-state index is 11.9. The molecule has 1 aliphatic rings. The van der Waals surface area contributed by atoms with Crippen LogP contribution in [0.3, 0.4) is 0 Å². The first-order valence-electron chi connectivity index (χ1n) is 6.47. The minimum Gasteiger partial charge on any atom is -0.393 e. The highest BCUT2D eigenvalue weighted by molar-refractivity contribution is 5.76. The molecule has 0 bridgehead atoms. The van der Waals surface area contributed by atoms with Crippen LogP contribution in [0.5, 0.6) is 0 Å². The summed E-state index contributed by atoms with van der Waals surface area (Å²) in [6, 6.07) is 5.75. The second-order valence-electron chi connectivity index (χ2n) is 5.09. The van der Waals surface area contributed by atoms with Crippen molar-refractivity contribution in [2.24, 2.45) is 5.92 Å². The molecule has 1 N–H and O–H groups in total. The van der Waals surface area contributed by atoms with E-state index in [4.69, 9.17) is 0 Å². The Balaban J connectivity index is 1.71. The Bertz CT molecular complexity index is 388. The maximum Gasteiger partial charge on any atom is 0.222 e. The average molecular weight is 248 g/mol. The van der Waals surface area contributed by atoms with Crippen LogP contribution in [0.2, 0.25) is 0 Å². The van der Waals surface area contributed by atoms with Gasteiger partial charge in [0.1, 0.15) is 0 Å². The molecule has 0 atom stereocenters. The smallest absolute Gasteiger partial charge is 0.222 e. The van der Waals surface area contributed by atoms with Gasteiger partial charge in [0.25, 0.3) is 0 Å². The molecular formula is C14H20N2O2. The predicted molar refractivity (Wildman–Crippen MR) is 68.9 cm³/mol. The first kappa shape index (κ1) is 13.0. The van der Waals surface area contributed by atoms with Crippen molar-refractivity contribution in [3.8, 4) is 0 Å². The van der Waals surface area contributed by atoms with Crippen molar-refractivity contribution >= 4 is 5.91 Å². The molecule has 0 saturated heterocycles. The van der Waals surface area contributed by atoms with Gasteiger partial charge in [0.2, 0.25) is 5.91 Å². The van der Waals surface area contributed by atoms with Crippen LogP contribution in [-0.4, -0.2) is 40.6 Å². The third-order valence-electron chi connectivity index (χ3n) is 3.49. The Morgan fingerprint density at radius 3 is 2.89 bits per heavy atom. The van der Waals surface area contributed by atoms with Gasteiger partial charge >= 0.3 is 0 Å². The van der Waals surface area contributed by atoms with Gasteiger partial charge in [-0.2, -0.15) is 0 Å². The number of hydrogen-bond acceptors (Lipinski definition) is 3. The van der Waals surface area contributed by atoms with Crippen molar-refractivity contribution in [3.63, 3.8) is 0 Å². The summed E-state index contributed by atoms with van der Waals surface area (Å²) < 4.78 is 0. The summed E-state index contributed by atoms with van der Waals surface area (Å²) in [5.74, 6) is 0.630. The molecule has 0 spiro atoms. The molecule has 0 aliphatic heterocycles. The molecule has 1 saturated carbocycles. The van der Waals surface area contributed by atoms with Crippen molar-refractivity contribution in [1.29, 1.82) is 0 Å². The summed E-state index contributed by atoms with van der Waals surface area (Å²) in [4.78, 5) is 17.9. The fourth-order valence-electron chi connectivity index (χ4n) is 2.31. The molecule has 4 nitrogen and oxygen atoms in total. The van der Waals surface area contributed by atoms with Crippen molar-refractivity contribution in [2.45, 2.75) is 31.8 Å². The molecule has 98 valence electrons. The standard InChI is InChI=1S/C14H20N2O2/c1-16(10-11-8-13(17)9-11)14(18)6-5-12-4-2-3-7-15-12/h2-4,7,11,13,17H,5-6,8-10H2,1H3. The summed E-state index contributed by atoms with van der Waals surface area (Å²) in [6.45, 7) is 0.762. The fourth-order valence-corrected chi connectivity index (χ4v) is 2.31. The van der Waals surface area contributed by atoms with Gasteiger partial charge in [-0.05, 0) is 37.3 Å². The molecule has 0 aromatic carbocycles. The van der Waals surface area contributed by atoms with Crippen molar-refractivity contribution in [2.75, 3.05) is 13.6 Å². The van der Waals surface area contributed by atoms with E-state index in [2.05, 4.69) is 4.98 Å². The molecule has 18 heavy (non-hydrogen) atoms. The summed E-state index contributed by atoms with van der Waals surface area (Å²) in [5.41, 5.74) is 0.957. The SMILES string of the molecule is CN(CC1CC(O)C1)C(=O)CCc1ccccn1. The Hall–Kier alpha value is -1.42. The van der Waals surface area contributed by atoms with Crippen molar-refractivity contribution < 1.29 is 9.90 Å². The molecule has 1 heterocycles. The molecule has 0 radical (unpaired) electrons. The Labute approximate surface area is 108 Å². The number of aromatic nitrogens is 1. The number of aliphatic hydroxyl groups excluding tert-OH is 1. The van der Waals surface area contributed by atoms with Crippen LogP contribution in [0.4, 0.5) is 0 Å². The summed E-state index contributed by atoms with van der Waals surface area (Å²) >= 11 is 0. The zero-order valence-electron chi connectivity index (χ0n) is 10.7. The number of pyridine rings is 1. The largest absolute Gasteiger partial charge is 0.393 e. The van der Waals surface area contributed by atoms with E-state index < -0.39 is 0 Å². The second-order valence-corrected chi connectivity index (χ2v) is 5.09. The predicted octanol–water partition coefficient (Wildman–Crippen LogP) is 1.24. The molecule has 4 heteroatoms. The number of amides is 1. The minimum absolute atomic E-state index is 0.146. The zero-order valence-corrected chi connectivity index (χ0v) is 10.7. The molecule has 1 aliphatic carbocycles. The van der Waals surface area contributed by atoms with Crippen LogP contribution in [0, 0.1) is 5.92 Å². The fraction of sp³-hybridized carbons (Fsp3) is 0.571. The van der Waals surface area contributed by atoms with Crippen molar-refractivity contribution in [1.82, 2.24) is 9.88 Å². The van der Waals surface area contributed by atoms with E-state index in [1.807, 2.05) is 25.2 Å². The molecule has 1 fully saturated rings. The normalized spacial score (nSPS) is 22.3. The second kappa shape index (κ2) is 5.96. The highest BCUT2D eigenvalue weighted by atomic mass is 16.3. The summed E-state index contributed by atoms with van der Waals surface area (Å²) in [7, 11) is 1.84. The summed E-state index contributed by atoms with van der Waals surface area (Å²) in [6.07, 6.45) is 4.46. The average Bonchev–Trinajstić information content (AvgIpc) is 2.35.